The number of hydrogen-bond donors (Lipinski definition) is 1. The summed E-state index contributed by atoms with van der Waals surface area (Å²) < 4.78 is 1.65. The number of nitrogens with zero attached hydrogens (tertiary/aromatic N) is 5. The summed E-state index contributed by atoms with van der Waals surface area (Å²) in [5.41, 5.74) is 4.30. The maximum atomic E-state index is 14.0. The average Bonchev–Trinajstić information content (AvgIpc) is 2.92. The second-order valence-corrected chi connectivity index (χ2v) is 9.94. The number of hydrogen-bond acceptors (Lipinski definition) is 5. The number of likely N-dealkylation sites (N-methyl/N-ethyl adjacent to an activating group) is 1. The smallest absolute Gasteiger partial charge is 0.313 e. The molecule has 200 valence electrons. The summed E-state index contributed by atoms with van der Waals surface area (Å²) in [5.74, 6) is 0.504. The molecule has 0 saturated carbocycles. The summed E-state index contributed by atoms with van der Waals surface area (Å²) in [6.07, 6.45) is 0.536. The first-order valence-electron chi connectivity index (χ1n) is 13.0. The van der Waals surface area contributed by atoms with E-state index in [-0.39, 0.29) is 11.6 Å². The number of aryl methyl sites for hydroxylation is 2. The number of nitrogens with one attached hydrogen (secondary N) is 1. The molecule has 0 saturated heterocycles. The van der Waals surface area contributed by atoms with Crippen LogP contribution in [-0.2, 0) is 0 Å². The van der Waals surface area contributed by atoms with E-state index in [9.17, 15) is 14.9 Å². The molecule has 1 heterocycles. The Kier molecular flexibility index (Phi) is 8.43. The van der Waals surface area contributed by atoms with Gasteiger partial charge in [-0.25, -0.2) is 9.78 Å². The number of carbonyl (C=O) groups excluding carboxylic acids is 1. The van der Waals surface area contributed by atoms with Crippen LogP contribution < -0.4 is 10.9 Å². The van der Waals surface area contributed by atoms with Crippen molar-refractivity contribution in [2.24, 2.45) is 0 Å². The molecule has 0 aliphatic carbocycles. The van der Waals surface area contributed by atoms with Crippen LogP contribution in [0.1, 0.15) is 41.9 Å². The molecule has 0 spiro atoms. The summed E-state index contributed by atoms with van der Waals surface area (Å²) >= 11 is 0. The number of urea groups is 1. The lowest BCUT2D eigenvalue weighted by molar-refractivity contribution is 0.173. The third kappa shape index (κ3) is 6.00. The van der Waals surface area contributed by atoms with Crippen molar-refractivity contribution in [1.82, 2.24) is 19.4 Å². The quantitative estimate of drug-likeness (QED) is 0.333. The van der Waals surface area contributed by atoms with Crippen molar-refractivity contribution in [3.63, 3.8) is 0 Å². The minimum atomic E-state index is -0.497. The van der Waals surface area contributed by atoms with Crippen LogP contribution in [0.25, 0.3) is 16.6 Å². The van der Waals surface area contributed by atoms with Gasteiger partial charge in [0.05, 0.1) is 34.3 Å². The van der Waals surface area contributed by atoms with Crippen LogP contribution in [0.15, 0.2) is 71.5 Å². The Morgan fingerprint density at radius 3 is 2.49 bits per heavy atom. The predicted molar refractivity (Wildman–Crippen MR) is 155 cm³/mol. The third-order valence-corrected chi connectivity index (χ3v) is 6.90. The first kappa shape index (κ1) is 27.6. The topological polar surface area (TPSA) is 94.3 Å². The van der Waals surface area contributed by atoms with Crippen molar-refractivity contribution < 1.29 is 4.79 Å². The monoisotopic (exact) mass is 522 g/mol. The van der Waals surface area contributed by atoms with E-state index in [1.54, 1.807) is 39.8 Å². The second kappa shape index (κ2) is 11.9. The number of anilines is 1. The molecule has 1 aromatic heterocycles. The van der Waals surface area contributed by atoms with Gasteiger partial charge in [0.25, 0.3) is 5.56 Å². The second-order valence-electron chi connectivity index (χ2n) is 9.94. The minimum absolute atomic E-state index is 0.174. The van der Waals surface area contributed by atoms with Crippen LogP contribution in [-0.4, -0.2) is 52.6 Å². The lowest BCUT2D eigenvalue weighted by Gasteiger charge is -2.33. The van der Waals surface area contributed by atoms with Gasteiger partial charge < -0.3 is 15.1 Å². The van der Waals surface area contributed by atoms with Crippen LogP contribution in [0.2, 0.25) is 0 Å². The van der Waals surface area contributed by atoms with Gasteiger partial charge in [0, 0.05) is 18.8 Å². The maximum Gasteiger partial charge on any atom is 0.322 e. The molecule has 1 N–H and O–H groups in total. The van der Waals surface area contributed by atoms with E-state index in [0.29, 0.717) is 53.2 Å². The van der Waals surface area contributed by atoms with Gasteiger partial charge in [-0.3, -0.25) is 9.36 Å². The number of para-hydroxylation sites is 1. The van der Waals surface area contributed by atoms with E-state index in [1.165, 1.54) is 0 Å². The fraction of sp³-hybridized carbons (Fsp3) is 0.290. The van der Waals surface area contributed by atoms with Crippen LogP contribution >= 0.6 is 0 Å². The molecule has 1 atom stereocenters. The van der Waals surface area contributed by atoms with Gasteiger partial charge >= 0.3 is 6.03 Å². The molecule has 4 rings (SSSR count). The lowest BCUT2D eigenvalue weighted by atomic mass is 10.1. The van der Waals surface area contributed by atoms with Crippen molar-refractivity contribution in [3.8, 4) is 11.8 Å². The van der Waals surface area contributed by atoms with Gasteiger partial charge in [0.15, 0.2) is 0 Å². The molecule has 3 aromatic carbocycles. The maximum absolute atomic E-state index is 14.0. The lowest BCUT2D eigenvalue weighted by Crippen LogP contribution is -2.43. The van der Waals surface area contributed by atoms with Crippen LogP contribution in [0.3, 0.4) is 0 Å². The summed E-state index contributed by atoms with van der Waals surface area (Å²) in [7, 11) is 3.90. The fourth-order valence-corrected chi connectivity index (χ4v) is 4.60. The highest BCUT2D eigenvalue weighted by Gasteiger charge is 2.29. The number of rotatable bonds is 8. The molecule has 39 heavy (non-hydrogen) atoms. The zero-order valence-corrected chi connectivity index (χ0v) is 23.1. The van der Waals surface area contributed by atoms with Gasteiger partial charge in [0.2, 0.25) is 0 Å². The van der Waals surface area contributed by atoms with E-state index in [0.717, 1.165) is 11.1 Å². The zero-order valence-electron chi connectivity index (χ0n) is 23.1. The molecule has 4 aromatic rings. The van der Waals surface area contributed by atoms with Gasteiger partial charge in [-0.05, 0) is 88.0 Å². The number of amides is 2. The van der Waals surface area contributed by atoms with Gasteiger partial charge in [-0.2, -0.15) is 5.26 Å². The molecule has 2 amide bonds. The average molecular weight is 523 g/mol. The van der Waals surface area contributed by atoms with Gasteiger partial charge in [0.1, 0.15) is 5.82 Å². The van der Waals surface area contributed by atoms with E-state index in [1.807, 2.05) is 76.2 Å². The summed E-state index contributed by atoms with van der Waals surface area (Å²) in [5, 5.41) is 12.8. The number of benzene rings is 3. The Hall–Kier alpha value is -4.48. The number of carbonyl (C=O) groups is 1. The Balaban J connectivity index is 1.88. The Morgan fingerprint density at radius 1 is 1.03 bits per heavy atom. The molecule has 8 heteroatoms. The summed E-state index contributed by atoms with van der Waals surface area (Å²) in [4.78, 5) is 36.5. The molecule has 1 unspecified atom stereocenters. The largest absolute Gasteiger partial charge is 0.322 e. The molecular formula is C31H34N6O2. The first-order chi connectivity index (χ1) is 18.7. The highest BCUT2D eigenvalue weighted by Crippen LogP contribution is 2.27. The van der Waals surface area contributed by atoms with Crippen LogP contribution in [0.4, 0.5) is 10.5 Å². The molecule has 0 radical (unpaired) electrons. The molecule has 0 fully saturated rings. The van der Waals surface area contributed by atoms with Crippen molar-refractivity contribution in [2.45, 2.75) is 33.2 Å². The third-order valence-electron chi connectivity index (χ3n) is 6.90. The molecular weight excluding hydrogens is 488 g/mol. The highest BCUT2D eigenvalue weighted by molar-refractivity contribution is 5.90. The summed E-state index contributed by atoms with van der Waals surface area (Å²) in [6.45, 7) is 7.06. The number of aromatic nitrogens is 2. The van der Waals surface area contributed by atoms with Crippen molar-refractivity contribution in [3.05, 3.63) is 99.6 Å². The Labute approximate surface area is 229 Å². The van der Waals surface area contributed by atoms with Crippen molar-refractivity contribution in [1.29, 1.82) is 5.26 Å². The molecule has 0 aliphatic rings. The summed E-state index contributed by atoms with van der Waals surface area (Å²) in [6, 6.07) is 21.3. The van der Waals surface area contributed by atoms with E-state index < -0.39 is 6.04 Å². The highest BCUT2D eigenvalue weighted by atomic mass is 16.2. The van der Waals surface area contributed by atoms with Crippen molar-refractivity contribution in [2.75, 3.05) is 32.5 Å². The zero-order chi connectivity index (χ0) is 28.1. The van der Waals surface area contributed by atoms with E-state index in [4.69, 9.17) is 4.98 Å². The normalized spacial score (nSPS) is 11.8. The Bertz CT molecular complexity index is 1600. The van der Waals surface area contributed by atoms with E-state index in [2.05, 4.69) is 11.4 Å². The van der Waals surface area contributed by atoms with Gasteiger partial charge in [-0.1, -0.05) is 31.2 Å². The number of fused-ring (bicyclic) bond motifs is 1. The Morgan fingerprint density at radius 2 is 1.79 bits per heavy atom. The van der Waals surface area contributed by atoms with Crippen LogP contribution in [0, 0.1) is 25.2 Å². The van der Waals surface area contributed by atoms with E-state index >= 15 is 0 Å². The van der Waals surface area contributed by atoms with Crippen molar-refractivity contribution >= 4 is 22.6 Å². The fourth-order valence-electron chi connectivity index (χ4n) is 4.60. The standard InChI is InChI=1S/C31H34N6O2/c1-6-28(36(17-16-35(4)5)31(39)33-24-11-9-10-23(19-24)20-32)29-34-27-13-8-7-12-26(27)30(38)37(29)25-15-14-21(2)22(3)18-25/h7-15,18-19,28H,6,16-17H2,1-5H3,(H,33,39). The molecule has 0 bridgehead atoms. The molecule has 0 aliphatic heterocycles. The van der Waals surface area contributed by atoms with Crippen LogP contribution in [0.5, 0.6) is 0 Å². The minimum Gasteiger partial charge on any atom is -0.313 e. The predicted octanol–water partition coefficient (Wildman–Crippen LogP) is 5.42. The van der Waals surface area contributed by atoms with Gasteiger partial charge in [-0.15, -0.1) is 0 Å². The first-order valence-corrected chi connectivity index (χ1v) is 13.0. The number of nitriles is 1. The molecule has 8 nitrogen and oxygen atoms in total. The SMILES string of the molecule is CCC(c1nc2ccccc2c(=O)n1-c1ccc(C)c(C)c1)N(CCN(C)C)C(=O)Nc1cccc(C#N)c1.